The van der Waals surface area contributed by atoms with Crippen molar-refractivity contribution < 1.29 is 24.0 Å². The Balaban J connectivity index is 1.72. The van der Waals surface area contributed by atoms with Crippen LogP contribution < -0.4 is 10.2 Å². The third kappa shape index (κ3) is 8.45. The Kier molecular flexibility index (Phi) is 8.67. The van der Waals surface area contributed by atoms with Gasteiger partial charge in [-0.15, -0.1) is 5.06 Å². The molecule has 0 saturated carbocycles. The molecule has 1 aromatic carbocycles. The van der Waals surface area contributed by atoms with Crippen LogP contribution in [0.3, 0.4) is 0 Å². The lowest BCUT2D eigenvalue weighted by atomic mass is 10.1. The SMILES string of the molecule is C=C1CCC(=O)N1OC(=O)CCCOc1ccc(/C(C)=N/NC(=O)CC(C)(C)S)cc1. The molecule has 1 saturated heterocycles. The fraction of sp³-hybridized carbons (Fsp3) is 0.455. The van der Waals surface area contributed by atoms with E-state index in [1.54, 1.807) is 19.1 Å². The lowest BCUT2D eigenvalue weighted by Crippen LogP contribution is -2.27. The van der Waals surface area contributed by atoms with E-state index < -0.39 is 10.7 Å². The first-order valence-electron chi connectivity index (χ1n) is 10.1. The number of nitrogens with zero attached hydrogens (tertiary/aromatic N) is 2. The van der Waals surface area contributed by atoms with Crippen LogP contribution >= 0.6 is 12.6 Å². The van der Waals surface area contributed by atoms with E-state index in [1.165, 1.54) is 0 Å². The minimum atomic E-state index is -0.495. The van der Waals surface area contributed by atoms with Crippen LogP contribution in [0.4, 0.5) is 0 Å². The number of thiol groups is 1. The molecule has 8 nitrogen and oxygen atoms in total. The van der Waals surface area contributed by atoms with Gasteiger partial charge in [-0.2, -0.15) is 17.7 Å². The number of hydrogen-bond acceptors (Lipinski definition) is 7. The third-order valence-corrected chi connectivity index (χ3v) is 4.50. The van der Waals surface area contributed by atoms with E-state index in [0.717, 1.165) is 10.6 Å². The van der Waals surface area contributed by atoms with E-state index in [1.807, 2.05) is 26.0 Å². The molecule has 31 heavy (non-hydrogen) atoms. The molecule has 1 aliphatic heterocycles. The fourth-order valence-electron chi connectivity index (χ4n) is 2.74. The zero-order valence-corrected chi connectivity index (χ0v) is 19.0. The Morgan fingerprint density at radius 3 is 2.52 bits per heavy atom. The predicted octanol–water partition coefficient (Wildman–Crippen LogP) is 3.38. The van der Waals surface area contributed by atoms with Gasteiger partial charge in [0.25, 0.3) is 5.91 Å². The number of allylic oxidation sites excluding steroid dienone is 1. The van der Waals surface area contributed by atoms with Gasteiger partial charge in [-0.1, -0.05) is 20.4 Å². The van der Waals surface area contributed by atoms with Crippen LogP contribution in [0.15, 0.2) is 41.6 Å². The summed E-state index contributed by atoms with van der Waals surface area (Å²) in [6, 6.07) is 7.25. The van der Waals surface area contributed by atoms with E-state index in [4.69, 9.17) is 9.57 Å². The first-order chi connectivity index (χ1) is 14.5. The summed E-state index contributed by atoms with van der Waals surface area (Å²) in [5, 5.41) is 5.09. The fourth-order valence-corrected chi connectivity index (χ4v) is 2.88. The van der Waals surface area contributed by atoms with Crippen LogP contribution in [0, 0.1) is 0 Å². The number of rotatable bonds is 10. The summed E-state index contributed by atoms with van der Waals surface area (Å²) >= 11 is 4.33. The van der Waals surface area contributed by atoms with E-state index in [0.29, 0.717) is 43.0 Å². The average Bonchev–Trinajstić information content (AvgIpc) is 3.00. The molecular formula is C22H29N3O5S. The quantitative estimate of drug-likeness (QED) is 0.248. The van der Waals surface area contributed by atoms with E-state index in [-0.39, 0.29) is 24.7 Å². The summed E-state index contributed by atoms with van der Waals surface area (Å²) in [6.45, 7) is 9.55. The van der Waals surface area contributed by atoms with E-state index >= 15 is 0 Å². The van der Waals surface area contributed by atoms with Gasteiger partial charge in [0.2, 0.25) is 5.91 Å². The lowest BCUT2D eigenvalue weighted by Gasteiger charge is -2.15. The van der Waals surface area contributed by atoms with Crippen LogP contribution in [0.1, 0.15) is 58.4 Å². The highest BCUT2D eigenvalue weighted by molar-refractivity contribution is 7.81. The first kappa shape index (κ1) is 24.5. The van der Waals surface area contributed by atoms with Crippen LogP contribution in [0.5, 0.6) is 5.75 Å². The van der Waals surface area contributed by atoms with Gasteiger partial charge >= 0.3 is 5.97 Å². The molecule has 0 spiro atoms. The molecule has 0 atom stereocenters. The van der Waals surface area contributed by atoms with Gasteiger partial charge in [0.05, 0.1) is 24.4 Å². The number of ether oxygens (including phenoxy) is 1. The molecule has 1 aromatic rings. The number of hydrazone groups is 1. The van der Waals surface area contributed by atoms with Gasteiger partial charge < -0.3 is 9.57 Å². The molecule has 2 rings (SSSR count). The summed E-state index contributed by atoms with van der Waals surface area (Å²) < 4.78 is 5.23. The number of carbonyl (C=O) groups is 3. The van der Waals surface area contributed by atoms with Gasteiger partial charge in [-0.3, -0.25) is 9.59 Å². The number of amides is 2. The van der Waals surface area contributed by atoms with Crippen LogP contribution in [0.2, 0.25) is 0 Å². The lowest BCUT2D eigenvalue weighted by molar-refractivity contribution is -0.186. The van der Waals surface area contributed by atoms with Gasteiger partial charge in [0, 0.05) is 17.6 Å². The summed E-state index contributed by atoms with van der Waals surface area (Å²) in [4.78, 5) is 40.3. The molecule has 0 aliphatic carbocycles. The molecule has 2 amide bonds. The van der Waals surface area contributed by atoms with Crippen LogP contribution in [-0.2, 0) is 19.2 Å². The third-order valence-electron chi connectivity index (χ3n) is 4.34. The molecule has 0 unspecified atom stereocenters. The number of hydroxylamine groups is 2. The molecule has 1 aliphatic rings. The zero-order chi connectivity index (χ0) is 23.0. The minimum Gasteiger partial charge on any atom is -0.494 e. The van der Waals surface area contributed by atoms with Crippen molar-refractivity contribution in [2.24, 2.45) is 5.10 Å². The van der Waals surface area contributed by atoms with Crippen molar-refractivity contribution in [2.75, 3.05) is 6.61 Å². The Labute approximate surface area is 188 Å². The number of benzene rings is 1. The Hall–Kier alpha value is -2.81. The first-order valence-corrected chi connectivity index (χ1v) is 10.5. The topological polar surface area (TPSA) is 97.3 Å². The molecule has 1 heterocycles. The van der Waals surface area contributed by atoms with Crippen molar-refractivity contribution in [3.05, 3.63) is 42.1 Å². The second-order valence-electron chi connectivity index (χ2n) is 7.92. The molecule has 0 aromatic heterocycles. The summed E-state index contributed by atoms with van der Waals surface area (Å²) in [6.07, 6.45) is 1.66. The second kappa shape index (κ2) is 11.0. The number of hydrogen-bond donors (Lipinski definition) is 2. The van der Waals surface area contributed by atoms with Crippen LogP contribution in [-0.4, -0.2) is 39.9 Å². The van der Waals surface area contributed by atoms with Gasteiger partial charge in [-0.25, -0.2) is 10.2 Å². The predicted molar refractivity (Wildman–Crippen MR) is 121 cm³/mol. The molecule has 168 valence electrons. The summed E-state index contributed by atoms with van der Waals surface area (Å²) in [5.41, 5.74) is 4.54. The second-order valence-corrected chi connectivity index (χ2v) is 9.13. The maximum atomic E-state index is 11.8. The smallest absolute Gasteiger partial charge is 0.333 e. The standard InChI is InChI=1S/C22H29N3O5S/c1-15-7-12-20(27)25(15)30-21(28)6-5-13-29-18-10-8-17(9-11-18)16(2)23-24-19(26)14-22(3,4)31/h8-11,31H,1,5-7,12-14H2,2-4H3,(H,24,26)/b23-16+. The maximum absolute atomic E-state index is 11.8. The van der Waals surface area contributed by atoms with E-state index in [2.05, 4.69) is 29.7 Å². The molecule has 1 fully saturated rings. The van der Waals surface area contributed by atoms with Crippen molar-refractivity contribution >= 4 is 36.1 Å². The maximum Gasteiger partial charge on any atom is 0.333 e. The van der Waals surface area contributed by atoms with Crippen molar-refractivity contribution in [2.45, 2.75) is 57.6 Å². The molecule has 1 N–H and O–H groups in total. The van der Waals surface area contributed by atoms with Crippen molar-refractivity contribution in [1.82, 2.24) is 10.5 Å². The Morgan fingerprint density at radius 1 is 1.26 bits per heavy atom. The van der Waals surface area contributed by atoms with Gasteiger partial charge in [0.15, 0.2) is 0 Å². The van der Waals surface area contributed by atoms with E-state index in [9.17, 15) is 14.4 Å². The van der Waals surface area contributed by atoms with Crippen molar-refractivity contribution in [1.29, 1.82) is 0 Å². The number of carbonyl (C=O) groups excluding carboxylic acids is 3. The van der Waals surface area contributed by atoms with Crippen LogP contribution in [0.25, 0.3) is 0 Å². The molecule has 0 bridgehead atoms. The Bertz CT molecular complexity index is 843. The minimum absolute atomic E-state index is 0.129. The molecule has 0 radical (unpaired) electrons. The molecular weight excluding hydrogens is 418 g/mol. The highest BCUT2D eigenvalue weighted by Gasteiger charge is 2.27. The van der Waals surface area contributed by atoms with Gasteiger partial charge in [-0.05, 0) is 49.6 Å². The number of nitrogens with one attached hydrogen (secondary N) is 1. The highest BCUT2D eigenvalue weighted by Crippen LogP contribution is 2.21. The van der Waals surface area contributed by atoms with Crippen molar-refractivity contribution in [3.8, 4) is 5.75 Å². The highest BCUT2D eigenvalue weighted by atomic mass is 32.1. The normalized spacial score (nSPS) is 14.6. The Morgan fingerprint density at radius 2 is 1.94 bits per heavy atom. The summed E-state index contributed by atoms with van der Waals surface area (Å²) in [7, 11) is 0. The monoisotopic (exact) mass is 447 g/mol. The average molecular weight is 448 g/mol. The van der Waals surface area contributed by atoms with Crippen molar-refractivity contribution in [3.63, 3.8) is 0 Å². The van der Waals surface area contributed by atoms with Gasteiger partial charge in [0.1, 0.15) is 5.75 Å². The molecule has 9 heteroatoms. The summed E-state index contributed by atoms with van der Waals surface area (Å²) in [5.74, 6) is -0.297. The zero-order valence-electron chi connectivity index (χ0n) is 18.1. The largest absolute Gasteiger partial charge is 0.494 e.